The molecule has 3 atom stereocenters. The lowest BCUT2D eigenvalue weighted by molar-refractivity contribution is 0.0155. The van der Waals surface area contributed by atoms with E-state index in [1.807, 2.05) is 31.2 Å². The molecule has 0 bridgehead atoms. The second kappa shape index (κ2) is 12.9. The van der Waals surface area contributed by atoms with Gasteiger partial charge in [-0.05, 0) is 89.1 Å². The Balaban J connectivity index is 1.59. The monoisotopic (exact) mass is 565 g/mol. The molecule has 6 nitrogen and oxygen atoms in total. The number of hydrogen-bond donors (Lipinski definition) is 0. The van der Waals surface area contributed by atoms with E-state index in [1.165, 1.54) is 0 Å². The first-order valence-electron chi connectivity index (χ1n) is 14.1. The number of pyridine rings is 1. The topological polar surface area (TPSA) is 66.9 Å². The third kappa shape index (κ3) is 7.75. The van der Waals surface area contributed by atoms with Crippen LogP contribution in [0.5, 0.6) is 11.6 Å². The Morgan fingerprint density at radius 1 is 1.05 bits per heavy atom. The van der Waals surface area contributed by atoms with Gasteiger partial charge < -0.3 is 18.7 Å². The molecule has 1 saturated carbocycles. The van der Waals surface area contributed by atoms with Crippen LogP contribution in [-0.2, 0) is 20.4 Å². The Bertz CT molecular complexity index is 1330. The van der Waals surface area contributed by atoms with Gasteiger partial charge in [0.15, 0.2) is 0 Å². The standard InChI is InChI=1S/C33H44NO5P/c1-8-39-40(7,35)22-30(24-13-14-24)26-16-17-34-31(20-26)38-21-23-12-15-28(25-10-9-11-27(19-25)36-5)29(18-23)32(37-6)33(2,3)4/h9-12,15-20,24,30,32H,8,13-14,21-22H2,1-7H3/t30?,32-,40?/m1/s1. The van der Waals surface area contributed by atoms with E-state index in [2.05, 4.69) is 56.1 Å². The molecule has 1 heterocycles. The van der Waals surface area contributed by atoms with Crippen LogP contribution in [0.25, 0.3) is 11.1 Å². The molecule has 0 aliphatic heterocycles. The molecular formula is C33H44NO5P. The van der Waals surface area contributed by atoms with E-state index in [0.29, 0.717) is 31.2 Å². The van der Waals surface area contributed by atoms with Gasteiger partial charge >= 0.3 is 0 Å². The van der Waals surface area contributed by atoms with Crippen molar-refractivity contribution < 1.29 is 23.3 Å². The molecule has 0 N–H and O–H groups in total. The minimum atomic E-state index is -2.65. The highest BCUT2D eigenvalue weighted by molar-refractivity contribution is 7.58. The van der Waals surface area contributed by atoms with Crippen LogP contribution < -0.4 is 9.47 Å². The van der Waals surface area contributed by atoms with Crippen LogP contribution in [0.2, 0.25) is 0 Å². The molecule has 40 heavy (non-hydrogen) atoms. The second-order valence-electron chi connectivity index (χ2n) is 11.9. The van der Waals surface area contributed by atoms with E-state index in [1.54, 1.807) is 27.1 Å². The fourth-order valence-corrected chi connectivity index (χ4v) is 7.39. The van der Waals surface area contributed by atoms with E-state index in [0.717, 1.165) is 46.4 Å². The van der Waals surface area contributed by atoms with Crippen molar-refractivity contribution in [3.05, 3.63) is 77.5 Å². The largest absolute Gasteiger partial charge is 0.497 e. The molecular weight excluding hydrogens is 521 g/mol. The van der Waals surface area contributed by atoms with Crippen LogP contribution in [0.15, 0.2) is 60.8 Å². The Hall–Kier alpha value is -2.66. The Labute approximate surface area is 239 Å². The van der Waals surface area contributed by atoms with Crippen molar-refractivity contribution in [2.75, 3.05) is 33.7 Å². The van der Waals surface area contributed by atoms with Crippen LogP contribution in [-0.4, -0.2) is 38.6 Å². The summed E-state index contributed by atoms with van der Waals surface area (Å²) in [5.74, 6) is 2.12. The fourth-order valence-electron chi connectivity index (χ4n) is 5.52. The normalized spacial score (nSPS) is 16.7. The maximum absolute atomic E-state index is 13.0. The molecule has 0 saturated heterocycles. The zero-order valence-corrected chi connectivity index (χ0v) is 25.9. The summed E-state index contributed by atoms with van der Waals surface area (Å²) in [6.07, 6.45) is 4.54. The van der Waals surface area contributed by atoms with E-state index < -0.39 is 7.37 Å². The first-order chi connectivity index (χ1) is 19.0. The molecule has 1 aliphatic carbocycles. The van der Waals surface area contributed by atoms with Gasteiger partial charge in [-0.25, -0.2) is 4.98 Å². The van der Waals surface area contributed by atoms with E-state index in [9.17, 15) is 4.57 Å². The molecule has 216 valence electrons. The fraction of sp³-hybridized carbons (Fsp3) is 0.485. The van der Waals surface area contributed by atoms with E-state index in [-0.39, 0.29) is 17.4 Å². The van der Waals surface area contributed by atoms with Gasteiger partial charge in [-0.3, -0.25) is 4.57 Å². The molecule has 4 rings (SSSR count). The van der Waals surface area contributed by atoms with Crippen molar-refractivity contribution in [1.82, 2.24) is 4.98 Å². The van der Waals surface area contributed by atoms with Crippen LogP contribution in [0.4, 0.5) is 0 Å². The van der Waals surface area contributed by atoms with Gasteiger partial charge in [-0.15, -0.1) is 0 Å². The predicted molar refractivity (Wildman–Crippen MR) is 162 cm³/mol. The lowest BCUT2D eigenvalue weighted by Gasteiger charge is -2.32. The number of hydrogen-bond acceptors (Lipinski definition) is 6. The Kier molecular flexibility index (Phi) is 9.76. The highest BCUT2D eigenvalue weighted by atomic mass is 31.2. The number of rotatable bonds is 13. The molecule has 1 aliphatic rings. The number of aromatic nitrogens is 1. The maximum Gasteiger partial charge on any atom is 0.213 e. The predicted octanol–water partition coefficient (Wildman–Crippen LogP) is 8.51. The summed E-state index contributed by atoms with van der Waals surface area (Å²) in [5, 5.41) is 0. The smallest absolute Gasteiger partial charge is 0.213 e. The molecule has 0 radical (unpaired) electrons. The van der Waals surface area contributed by atoms with Crippen molar-refractivity contribution in [2.45, 2.75) is 59.2 Å². The SMILES string of the molecule is CCOP(C)(=O)CC(c1ccnc(OCc2ccc(-c3cccc(OC)c3)c([C@@H](OC)C(C)(C)C)c2)c1)C1CC1. The second-order valence-corrected chi connectivity index (χ2v) is 14.6. The molecule has 2 unspecified atom stereocenters. The molecule has 0 amide bonds. The van der Waals surface area contributed by atoms with Gasteiger partial charge in [0.05, 0.1) is 19.8 Å². The van der Waals surface area contributed by atoms with Crippen LogP contribution in [0, 0.1) is 11.3 Å². The van der Waals surface area contributed by atoms with Gasteiger partial charge in [0, 0.05) is 32.2 Å². The third-order valence-electron chi connectivity index (χ3n) is 7.50. The molecule has 0 spiro atoms. The average Bonchev–Trinajstić information content (AvgIpc) is 3.76. The van der Waals surface area contributed by atoms with Crippen molar-refractivity contribution in [1.29, 1.82) is 0 Å². The van der Waals surface area contributed by atoms with Gasteiger partial charge in [-0.2, -0.15) is 0 Å². The van der Waals surface area contributed by atoms with Crippen LogP contribution in [0.1, 0.15) is 69.2 Å². The third-order valence-corrected chi connectivity index (χ3v) is 9.36. The summed E-state index contributed by atoms with van der Waals surface area (Å²) in [6, 6.07) is 18.6. The van der Waals surface area contributed by atoms with Gasteiger partial charge in [0.25, 0.3) is 0 Å². The summed E-state index contributed by atoms with van der Waals surface area (Å²) in [5.41, 5.74) is 5.33. The van der Waals surface area contributed by atoms with Crippen molar-refractivity contribution in [3.63, 3.8) is 0 Å². The van der Waals surface area contributed by atoms with Crippen molar-refractivity contribution >= 4 is 7.37 Å². The Morgan fingerprint density at radius 2 is 1.82 bits per heavy atom. The number of benzene rings is 2. The highest BCUT2D eigenvalue weighted by Gasteiger charge is 2.36. The summed E-state index contributed by atoms with van der Waals surface area (Å²) >= 11 is 0. The summed E-state index contributed by atoms with van der Waals surface area (Å²) in [4.78, 5) is 4.49. The zero-order chi connectivity index (χ0) is 28.9. The summed E-state index contributed by atoms with van der Waals surface area (Å²) < 4.78 is 36.3. The van der Waals surface area contributed by atoms with Gasteiger partial charge in [-0.1, -0.05) is 45.0 Å². The lowest BCUT2D eigenvalue weighted by atomic mass is 9.81. The van der Waals surface area contributed by atoms with E-state index in [4.69, 9.17) is 18.7 Å². The number of nitrogens with zero attached hydrogens (tertiary/aromatic N) is 1. The molecule has 2 aromatic carbocycles. The van der Waals surface area contributed by atoms with Crippen molar-refractivity contribution in [3.8, 4) is 22.8 Å². The first-order valence-corrected chi connectivity index (χ1v) is 16.4. The maximum atomic E-state index is 13.0. The molecule has 1 fully saturated rings. The molecule has 1 aromatic heterocycles. The van der Waals surface area contributed by atoms with E-state index >= 15 is 0 Å². The van der Waals surface area contributed by atoms with Crippen LogP contribution >= 0.6 is 7.37 Å². The van der Waals surface area contributed by atoms with Crippen molar-refractivity contribution in [2.24, 2.45) is 11.3 Å². The van der Waals surface area contributed by atoms with Crippen LogP contribution in [0.3, 0.4) is 0 Å². The lowest BCUT2D eigenvalue weighted by Crippen LogP contribution is -2.21. The van der Waals surface area contributed by atoms with Gasteiger partial charge in [0.1, 0.15) is 12.4 Å². The average molecular weight is 566 g/mol. The molecule has 3 aromatic rings. The number of ether oxygens (including phenoxy) is 3. The minimum absolute atomic E-state index is 0.115. The van der Waals surface area contributed by atoms with Gasteiger partial charge in [0.2, 0.25) is 13.2 Å². The highest BCUT2D eigenvalue weighted by Crippen LogP contribution is 2.53. The zero-order valence-electron chi connectivity index (χ0n) is 25.0. The summed E-state index contributed by atoms with van der Waals surface area (Å²) in [7, 11) is 0.794. The Morgan fingerprint density at radius 3 is 2.48 bits per heavy atom. The number of methoxy groups -OCH3 is 2. The first kappa shape index (κ1) is 30.3. The summed E-state index contributed by atoms with van der Waals surface area (Å²) in [6.45, 7) is 11.0. The molecule has 7 heteroatoms. The minimum Gasteiger partial charge on any atom is -0.497 e. The quantitative estimate of drug-likeness (QED) is 0.194.